The highest BCUT2D eigenvalue weighted by atomic mass is 79.9. The predicted molar refractivity (Wildman–Crippen MR) is 94.4 cm³/mol. The molecule has 1 amide bonds. The van der Waals surface area contributed by atoms with Crippen molar-refractivity contribution < 1.29 is 4.79 Å². The van der Waals surface area contributed by atoms with Crippen LogP contribution in [0, 0.1) is 6.92 Å². The van der Waals surface area contributed by atoms with Gasteiger partial charge in [-0.3, -0.25) is 4.79 Å². The van der Waals surface area contributed by atoms with Crippen molar-refractivity contribution in [1.29, 1.82) is 0 Å². The van der Waals surface area contributed by atoms with E-state index in [1.165, 1.54) is 0 Å². The molecule has 0 aliphatic carbocycles. The molecule has 5 heteroatoms. The number of anilines is 2. The summed E-state index contributed by atoms with van der Waals surface area (Å²) in [6.07, 6.45) is 1.63. The fourth-order valence-corrected chi connectivity index (χ4v) is 2.53. The number of aromatic nitrogens is 1. The summed E-state index contributed by atoms with van der Waals surface area (Å²) in [5, 5.41) is 6.16. The van der Waals surface area contributed by atoms with Crippen LogP contribution in [0.5, 0.6) is 0 Å². The Morgan fingerprint density at radius 1 is 1.18 bits per heavy atom. The summed E-state index contributed by atoms with van der Waals surface area (Å²) >= 11 is 3.46. The van der Waals surface area contributed by atoms with E-state index in [0.29, 0.717) is 11.4 Å². The minimum Gasteiger partial charge on any atom is -0.365 e. The van der Waals surface area contributed by atoms with Gasteiger partial charge in [-0.1, -0.05) is 6.07 Å². The molecular weight excluding hydrogens is 342 g/mol. The van der Waals surface area contributed by atoms with Crippen molar-refractivity contribution in [3.05, 3.63) is 52.1 Å². The van der Waals surface area contributed by atoms with Crippen LogP contribution in [-0.4, -0.2) is 16.4 Å². The second-order valence-corrected chi connectivity index (χ2v) is 7.10. The highest BCUT2D eigenvalue weighted by Crippen LogP contribution is 2.24. The molecule has 0 aliphatic rings. The lowest BCUT2D eigenvalue weighted by atomic mass is 10.1. The van der Waals surface area contributed by atoms with Gasteiger partial charge in [0, 0.05) is 21.8 Å². The van der Waals surface area contributed by atoms with Gasteiger partial charge < -0.3 is 10.6 Å². The molecule has 0 fully saturated rings. The predicted octanol–water partition coefficient (Wildman–Crippen LogP) is 4.62. The second-order valence-electron chi connectivity index (χ2n) is 6.24. The van der Waals surface area contributed by atoms with Crippen LogP contribution in [0.15, 0.2) is 41.0 Å². The quantitative estimate of drug-likeness (QED) is 0.838. The van der Waals surface area contributed by atoms with E-state index in [0.717, 1.165) is 15.7 Å². The van der Waals surface area contributed by atoms with E-state index in [2.05, 4.69) is 31.5 Å². The number of carbonyl (C=O) groups is 1. The number of pyridine rings is 1. The van der Waals surface area contributed by atoms with E-state index >= 15 is 0 Å². The van der Waals surface area contributed by atoms with E-state index < -0.39 is 0 Å². The Balaban J connectivity index is 2.17. The summed E-state index contributed by atoms with van der Waals surface area (Å²) in [7, 11) is 0. The molecule has 0 radical (unpaired) electrons. The maximum Gasteiger partial charge on any atom is 0.255 e. The zero-order valence-electron chi connectivity index (χ0n) is 13.2. The molecule has 2 N–H and O–H groups in total. The first kappa shape index (κ1) is 16.5. The smallest absolute Gasteiger partial charge is 0.255 e. The Labute approximate surface area is 139 Å². The third-order valence-corrected chi connectivity index (χ3v) is 3.55. The molecule has 116 valence electrons. The molecule has 0 saturated heterocycles. The number of carbonyl (C=O) groups excluding carboxylic acids is 1. The van der Waals surface area contributed by atoms with Crippen molar-refractivity contribution in [2.45, 2.75) is 33.2 Å². The Bertz CT molecular complexity index is 693. The standard InChI is InChI=1S/C17H20BrN3O/c1-11-5-6-14(13(18)9-11)20-16(22)12-7-8-19-15(10-12)21-17(2,3)4/h5-10H,1-4H3,(H,19,21)(H,20,22). The molecule has 4 nitrogen and oxygen atoms in total. The summed E-state index contributed by atoms with van der Waals surface area (Å²) < 4.78 is 0.864. The van der Waals surface area contributed by atoms with Crippen molar-refractivity contribution in [3.63, 3.8) is 0 Å². The normalized spacial score (nSPS) is 11.1. The van der Waals surface area contributed by atoms with Gasteiger partial charge in [-0.05, 0) is 73.5 Å². The number of aryl methyl sites for hydroxylation is 1. The number of amides is 1. The van der Waals surface area contributed by atoms with Crippen LogP contribution in [0.2, 0.25) is 0 Å². The van der Waals surface area contributed by atoms with Crippen molar-refractivity contribution in [2.75, 3.05) is 10.6 Å². The lowest BCUT2D eigenvalue weighted by molar-refractivity contribution is 0.102. The highest BCUT2D eigenvalue weighted by Gasteiger charge is 2.13. The minimum atomic E-state index is -0.163. The van der Waals surface area contributed by atoms with E-state index in [1.54, 1.807) is 18.3 Å². The number of rotatable bonds is 3. The topological polar surface area (TPSA) is 54.0 Å². The zero-order valence-corrected chi connectivity index (χ0v) is 14.8. The molecule has 0 aliphatic heterocycles. The molecule has 0 bridgehead atoms. The van der Waals surface area contributed by atoms with Gasteiger partial charge in [-0.2, -0.15) is 0 Å². The van der Waals surface area contributed by atoms with E-state index in [-0.39, 0.29) is 11.4 Å². The Morgan fingerprint density at radius 2 is 1.91 bits per heavy atom. The van der Waals surface area contributed by atoms with Crippen molar-refractivity contribution in [3.8, 4) is 0 Å². The fourth-order valence-electron chi connectivity index (χ4n) is 1.94. The van der Waals surface area contributed by atoms with E-state index in [1.807, 2.05) is 45.9 Å². The van der Waals surface area contributed by atoms with Gasteiger partial charge in [0.05, 0.1) is 5.69 Å². The first-order chi connectivity index (χ1) is 10.2. The number of hydrogen-bond acceptors (Lipinski definition) is 3. The molecule has 2 aromatic rings. The van der Waals surface area contributed by atoms with Crippen LogP contribution in [0.3, 0.4) is 0 Å². The van der Waals surface area contributed by atoms with Crippen LogP contribution >= 0.6 is 15.9 Å². The van der Waals surface area contributed by atoms with Gasteiger partial charge in [0.25, 0.3) is 5.91 Å². The summed E-state index contributed by atoms with van der Waals surface area (Å²) in [6.45, 7) is 8.14. The molecule has 0 saturated carbocycles. The average molecular weight is 362 g/mol. The molecule has 0 spiro atoms. The summed E-state index contributed by atoms with van der Waals surface area (Å²) in [4.78, 5) is 16.6. The third-order valence-electron chi connectivity index (χ3n) is 2.90. The molecule has 1 heterocycles. The summed E-state index contributed by atoms with van der Waals surface area (Å²) in [6, 6.07) is 9.26. The van der Waals surface area contributed by atoms with Crippen molar-refractivity contribution in [2.24, 2.45) is 0 Å². The maximum atomic E-state index is 12.4. The maximum absolute atomic E-state index is 12.4. The van der Waals surface area contributed by atoms with E-state index in [4.69, 9.17) is 0 Å². The molecular formula is C17H20BrN3O. The molecule has 1 aromatic carbocycles. The largest absolute Gasteiger partial charge is 0.365 e. The first-order valence-corrected chi connectivity index (χ1v) is 7.86. The van der Waals surface area contributed by atoms with Crippen molar-refractivity contribution >= 4 is 33.3 Å². The lowest BCUT2D eigenvalue weighted by Crippen LogP contribution is -2.27. The Morgan fingerprint density at radius 3 is 2.55 bits per heavy atom. The van der Waals surface area contributed by atoms with Crippen LogP contribution in [0.25, 0.3) is 0 Å². The second kappa shape index (κ2) is 6.48. The fraction of sp³-hybridized carbons (Fsp3) is 0.294. The molecule has 0 unspecified atom stereocenters. The van der Waals surface area contributed by atoms with Gasteiger partial charge >= 0.3 is 0 Å². The highest BCUT2D eigenvalue weighted by molar-refractivity contribution is 9.10. The summed E-state index contributed by atoms with van der Waals surface area (Å²) in [5.74, 6) is 0.520. The average Bonchev–Trinajstić information content (AvgIpc) is 2.40. The first-order valence-electron chi connectivity index (χ1n) is 7.06. The summed E-state index contributed by atoms with van der Waals surface area (Å²) in [5.41, 5.74) is 2.33. The number of nitrogens with one attached hydrogen (secondary N) is 2. The molecule has 22 heavy (non-hydrogen) atoms. The molecule has 0 atom stereocenters. The van der Waals surface area contributed by atoms with Gasteiger partial charge in [-0.15, -0.1) is 0 Å². The molecule has 1 aromatic heterocycles. The number of nitrogens with zero attached hydrogens (tertiary/aromatic N) is 1. The zero-order chi connectivity index (χ0) is 16.3. The number of hydrogen-bond donors (Lipinski definition) is 2. The van der Waals surface area contributed by atoms with Crippen LogP contribution < -0.4 is 10.6 Å². The monoisotopic (exact) mass is 361 g/mol. The Hall–Kier alpha value is -1.88. The number of benzene rings is 1. The van der Waals surface area contributed by atoms with Gasteiger partial charge in [-0.25, -0.2) is 4.98 Å². The van der Waals surface area contributed by atoms with E-state index in [9.17, 15) is 4.79 Å². The van der Waals surface area contributed by atoms with Crippen LogP contribution in [0.4, 0.5) is 11.5 Å². The van der Waals surface area contributed by atoms with Gasteiger partial charge in [0.2, 0.25) is 0 Å². The van der Waals surface area contributed by atoms with Crippen LogP contribution in [0.1, 0.15) is 36.7 Å². The van der Waals surface area contributed by atoms with Crippen LogP contribution in [-0.2, 0) is 0 Å². The van der Waals surface area contributed by atoms with Gasteiger partial charge in [0.1, 0.15) is 5.82 Å². The Kier molecular flexibility index (Phi) is 4.86. The molecule has 2 rings (SSSR count). The lowest BCUT2D eigenvalue weighted by Gasteiger charge is -2.21. The number of halogens is 1. The van der Waals surface area contributed by atoms with Crippen molar-refractivity contribution in [1.82, 2.24) is 4.98 Å². The minimum absolute atomic E-state index is 0.109. The third kappa shape index (κ3) is 4.56. The SMILES string of the molecule is Cc1ccc(NC(=O)c2ccnc(NC(C)(C)C)c2)c(Br)c1. The van der Waals surface area contributed by atoms with Gasteiger partial charge in [0.15, 0.2) is 0 Å².